The van der Waals surface area contributed by atoms with Crippen LogP contribution in [-0.4, -0.2) is 59.1 Å². The predicted molar refractivity (Wildman–Crippen MR) is 201 cm³/mol. The molecule has 2 aromatic carbocycles. The van der Waals surface area contributed by atoms with Crippen molar-refractivity contribution in [1.29, 1.82) is 0 Å². The fraction of sp³-hybridized carbons (Fsp3) is 0.300. The largest absolute Gasteiger partial charge is 0.352 e. The van der Waals surface area contributed by atoms with Gasteiger partial charge in [-0.2, -0.15) is 5.10 Å². The number of carbonyl (C=O) groups excluding carboxylic acids is 2. The molecule has 3 aromatic heterocycles. The third kappa shape index (κ3) is 6.32. The average molecular weight is 727 g/mol. The number of unbranched alkanes of at least 4 members (excludes halogenated alkanes) is 1. The van der Waals surface area contributed by atoms with E-state index in [4.69, 9.17) is 16.6 Å². The first-order valence-corrected chi connectivity index (χ1v) is 18.6. The summed E-state index contributed by atoms with van der Waals surface area (Å²) in [4.78, 5) is 33.5. The summed E-state index contributed by atoms with van der Waals surface area (Å²) in [7, 11) is 0. The summed E-state index contributed by atoms with van der Waals surface area (Å²) in [5, 5.41) is 17.9. The smallest absolute Gasteiger partial charge is 0.255 e. The van der Waals surface area contributed by atoms with E-state index in [2.05, 4.69) is 55.8 Å². The van der Waals surface area contributed by atoms with Crippen molar-refractivity contribution in [2.24, 2.45) is 4.99 Å². The number of benzene rings is 2. The Labute approximate surface area is 310 Å². The molecule has 1 fully saturated rings. The number of aromatic nitrogens is 5. The Morgan fingerprint density at radius 1 is 1.04 bits per heavy atom. The Morgan fingerprint density at radius 2 is 1.88 bits per heavy atom. The molecule has 0 spiro atoms. The van der Waals surface area contributed by atoms with E-state index >= 15 is 0 Å². The Bertz CT molecular complexity index is 2400. The number of hydrogen-bond acceptors (Lipinski definition) is 7. The molecule has 0 bridgehead atoms. The Hall–Kier alpha value is -5.49. The zero-order chi connectivity index (χ0) is 35.9. The maximum Gasteiger partial charge on any atom is 0.255 e. The van der Waals surface area contributed by atoms with Crippen molar-refractivity contribution >= 4 is 40.5 Å². The van der Waals surface area contributed by atoms with Crippen LogP contribution in [0.5, 0.6) is 0 Å². The van der Waals surface area contributed by atoms with Gasteiger partial charge in [0.05, 0.1) is 22.3 Å². The minimum absolute atomic E-state index is 0.0728. The number of amides is 2. The lowest BCUT2D eigenvalue weighted by molar-refractivity contribution is -0.128. The molecule has 12 heteroatoms. The first kappa shape index (κ1) is 33.6. The number of halogens is 1. The van der Waals surface area contributed by atoms with Gasteiger partial charge >= 0.3 is 0 Å². The van der Waals surface area contributed by atoms with E-state index in [0.29, 0.717) is 43.1 Å². The van der Waals surface area contributed by atoms with Crippen LogP contribution < -0.4 is 5.32 Å². The maximum absolute atomic E-state index is 13.2. The average Bonchev–Trinajstić information content (AvgIpc) is 3.88. The van der Waals surface area contributed by atoms with Gasteiger partial charge in [0.25, 0.3) is 5.91 Å². The number of fused-ring (bicyclic) bond motifs is 4. The second-order valence-corrected chi connectivity index (χ2v) is 14.8. The van der Waals surface area contributed by atoms with E-state index in [0.717, 1.165) is 73.5 Å². The molecule has 2 atom stereocenters. The molecule has 5 aromatic rings. The summed E-state index contributed by atoms with van der Waals surface area (Å²) in [6, 6.07) is 13.1. The minimum Gasteiger partial charge on any atom is -0.352 e. The zero-order valence-corrected chi connectivity index (χ0v) is 30.6. The van der Waals surface area contributed by atoms with Crippen LogP contribution in [0.4, 0.5) is 0 Å². The fourth-order valence-corrected chi connectivity index (χ4v) is 8.39. The normalized spacial score (nSPS) is 17.5. The van der Waals surface area contributed by atoms with Crippen LogP contribution in [0.15, 0.2) is 59.9 Å². The molecular weight excluding hydrogens is 692 g/mol. The summed E-state index contributed by atoms with van der Waals surface area (Å²) in [6.45, 7) is 7.58. The number of aliphatic imine (C=N–C) groups is 1. The highest BCUT2D eigenvalue weighted by Gasteiger charge is 2.39. The van der Waals surface area contributed by atoms with Crippen LogP contribution in [0.25, 0.3) is 5.00 Å². The minimum atomic E-state index is -0.431. The van der Waals surface area contributed by atoms with E-state index < -0.39 is 6.04 Å². The number of carbonyl (C=O) groups is 2. The van der Waals surface area contributed by atoms with Crippen LogP contribution in [0, 0.1) is 37.5 Å². The summed E-state index contributed by atoms with van der Waals surface area (Å²) in [5.41, 5.74) is 7.20. The Morgan fingerprint density at radius 3 is 2.71 bits per heavy atom. The molecular formula is C40H35ClN8O2S. The second-order valence-electron chi connectivity index (χ2n) is 13.3. The Kier molecular flexibility index (Phi) is 9.00. The van der Waals surface area contributed by atoms with Crippen molar-refractivity contribution in [3.05, 3.63) is 115 Å². The Balaban J connectivity index is 0.940. The fourth-order valence-electron chi connectivity index (χ4n) is 7.04. The molecule has 0 aliphatic carbocycles. The molecule has 2 unspecified atom stereocenters. The van der Waals surface area contributed by atoms with E-state index in [-0.39, 0.29) is 17.9 Å². The monoisotopic (exact) mass is 726 g/mol. The number of nitrogens with zero attached hydrogens (tertiary/aromatic N) is 7. The molecule has 260 valence electrons. The summed E-state index contributed by atoms with van der Waals surface area (Å²) < 4.78 is 3.98. The highest BCUT2D eigenvalue weighted by atomic mass is 35.5. The van der Waals surface area contributed by atoms with Crippen LogP contribution in [0.3, 0.4) is 0 Å². The number of aryl methyl sites for hydroxylation is 2. The zero-order valence-electron chi connectivity index (χ0n) is 29.0. The molecule has 6 heterocycles. The van der Waals surface area contributed by atoms with E-state index in [1.54, 1.807) is 22.4 Å². The lowest BCUT2D eigenvalue weighted by Crippen LogP contribution is -2.53. The number of nitrogens with one attached hydrogen (secondary N) is 1. The number of rotatable bonds is 5. The summed E-state index contributed by atoms with van der Waals surface area (Å²) >= 11 is 7.82. The van der Waals surface area contributed by atoms with Gasteiger partial charge in [0.15, 0.2) is 5.82 Å². The lowest BCUT2D eigenvalue weighted by Gasteiger charge is -2.33. The highest BCUT2D eigenvalue weighted by Crippen LogP contribution is 2.37. The van der Waals surface area contributed by atoms with Gasteiger partial charge in [-0.15, -0.1) is 21.5 Å². The lowest BCUT2D eigenvalue weighted by atomic mass is 10.00. The number of piperidine rings is 1. The van der Waals surface area contributed by atoms with Gasteiger partial charge in [-0.25, -0.2) is 0 Å². The van der Waals surface area contributed by atoms with Gasteiger partial charge < -0.3 is 10.2 Å². The van der Waals surface area contributed by atoms with Crippen LogP contribution in [-0.2, 0) is 24.4 Å². The second kappa shape index (κ2) is 13.9. The van der Waals surface area contributed by atoms with Gasteiger partial charge in [0.1, 0.15) is 23.4 Å². The van der Waals surface area contributed by atoms with Gasteiger partial charge in [-0.3, -0.25) is 23.8 Å². The maximum atomic E-state index is 13.2. The molecule has 1 saturated heterocycles. The van der Waals surface area contributed by atoms with Crippen molar-refractivity contribution in [3.63, 3.8) is 0 Å². The number of hydrogen-bond donors (Lipinski definition) is 1. The SMILES string of the molecule is Cc1c(C#Cc2cnn(CCCC#Cc3cccc4c3CN(C3CCC(C)NC3=O)C4=O)c2)sc2c1C(c1ccc(Cl)cc1)=NCc1nnc(C)n1-2. The highest BCUT2D eigenvalue weighted by molar-refractivity contribution is 7.15. The van der Waals surface area contributed by atoms with Crippen LogP contribution >= 0.6 is 22.9 Å². The standard InChI is InChI=1S/C40H35ClN8O2S/c1-24-11-17-33(38(50)44-24)48-23-32-28(9-7-10-31(32)39(48)51)8-5-4-6-19-47-22-27(20-43-47)12-18-34-25(2)36-37(29-13-15-30(41)16-14-29)42-21-35-46-45-26(3)49(35)40(36)52-34/h7,9-10,13-16,20,22,24,33H,4,6,11,17,19,21,23H2,1-3H3,(H,44,50). The summed E-state index contributed by atoms with van der Waals surface area (Å²) in [6.07, 6.45) is 6.77. The molecule has 0 saturated carbocycles. The van der Waals surface area contributed by atoms with Crippen molar-refractivity contribution in [2.45, 2.75) is 78.2 Å². The molecule has 52 heavy (non-hydrogen) atoms. The van der Waals surface area contributed by atoms with E-state index in [1.165, 1.54) is 0 Å². The van der Waals surface area contributed by atoms with Gasteiger partial charge in [0, 0.05) is 59.0 Å². The first-order valence-electron chi connectivity index (χ1n) is 17.4. The molecule has 8 rings (SSSR count). The van der Waals surface area contributed by atoms with Gasteiger partial charge in [0.2, 0.25) is 5.91 Å². The van der Waals surface area contributed by atoms with E-state index in [9.17, 15) is 9.59 Å². The predicted octanol–water partition coefficient (Wildman–Crippen LogP) is 6.00. The van der Waals surface area contributed by atoms with Crippen molar-refractivity contribution in [2.75, 3.05) is 0 Å². The first-order chi connectivity index (χ1) is 25.2. The van der Waals surface area contributed by atoms with Crippen molar-refractivity contribution in [3.8, 4) is 28.7 Å². The summed E-state index contributed by atoms with van der Waals surface area (Å²) in [5.74, 6) is 14.7. The molecule has 3 aliphatic heterocycles. The van der Waals surface area contributed by atoms with Gasteiger partial charge in [-0.1, -0.05) is 53.5 Å². The molecule has 10 nitrogen and oxygen atoms in total. The number of thiophene rings is 1. The topological polar surface area (TPSA) is 110 Å². The van der Waals surface area contributed by atoms with Crippen LogP contribution in [0.1, 0.15) is 92.9 Å². The third-order valence-corrected chi connectivity index (χ3v) is 11.2. The van der Waals surface area contributed by atoms with Gasteiger partial charge in [-0.05, 0) is 75.4 Å². The van der Waals surface area contributed by atoms with Crippen molar-refractivity contribution < 1.29 is 9.59 Å². The van der Waals surface area contributed by atoms with Crippen LogP contribution in [0.2, 0.25) is 5.02 Å². The quantitative estimate of drug-likeness (QED) is 0.177. The van der Waals surface area contributed by atoms with Crippen molar-refractivity contribution in [1.82, 2.24) is 34.8 Å². The molecule has 1 N–H and O–H groups in total. The molecule has 3 aliphatic rings. The molecule has 2 amide bonds. The van der Waals surface area contributed by atoms with E-state index in [1.807, 2.05) is 67.2 Å². The third-order valence-electron chi connectivity index (χ3n) is 9.76. The molecule has 0 radical (unpaired) electrons.